The van der Waals surface area contributed by atoms with E-state index in [9.17, 15) is 22.2 Å². The van der Waals surface area contributed by atoms with Crippen molar-refractivity contribution in [3.05, 3.63) is 0 Å². The minimum absolute atomic E-state index is 0.390. The normalized spacial score (nSPS) is 58.4. The zero-order valence-corrected chi connectivity index (χ0v) is 18.5. The molecule has 5 nitrogen and oxygen atoms in total. The molecule has 2 spiro atoms. The number of carbonyl (C=O) groups is 2. The molecule has 0 aromatic heterocycles. The largest absolute Gasteiger partial charge is 0.296 e. The lowest BCUT2D eigenvalue weighted by Gasteiger charge is -2.56. The van der Waals surface area contributed by atoms with Gasteiger partial charge in [-0.3, -0.25) is 13.8 Å². The summed E-state index contributed by atoms with van der Waals surface area (Å²) in [6, 6.07) is 0. The summed E-state index contributed by atoms with van der Waals surface area (Å²) in [6.45, 7) is 11.4. The number of fused-ring (bicyclic) bond motifs is 6. The first-order valence-corrected chi connectivity index (χ1v) is 12.5. The molecule has 0 radical (unpaired) electrons. The predicted molar refractivity (Wildman–Crippen MR) is 102 cm³/mol. The standard InChI is InChI=1S/C20H28O5S2/c1-15(2)11-7-9-17(15,5)13(21)19(11)26(23)20(27(19,24)25)12-8-10-18(6,14(20)22)16(12,3)4/h11-12H,7-10H2,1-6H3/t11-,12-,17-,18-,19-,20+,26?/m0/s1. The van der Waals surface area contributed by atoms with Crippen LogP contribution in [-0.4, -0.2) is 32.4 Å². The van der Waals surface area contributed by atoms with Crippen molar-refractivity contribution in [2.45, 2.75) is 75.4 Å². The Labute approximate surface area is 163 Å². The van der Waals surface area contributed by atoms with Crippen LogP contribution in [0.1, 0.15) is 67.2 Å². The molecule has 0 aromatic rings. The number of Topliss-reactive ketones (excluding diaryl/α,β-unsaturated/α-hetero) is 2. The van der Waals surface area contributed by atoms with Crippen molar-refractivity contribution in [2.24, 2.45) is 33.5 Å². The lowest BCUT2D eigenvalue weighted by atomic mass is 9.70. The molecule has 27 heavy (non-hydrogen) atoms. The molecular formula is C20H28O5S2. The molecule has 1 unspecified atom stereocenters. The third-order valence-electron chi connectivity index (χ3n) is 10.4. The fourth-order valence-electron chi connectivity index (χ4n) is 7.89. The molecule has 1 aliphatic heterocycles. The minimum atomic E-state index is -4.19. The van der Waals surface area contributed by atoms with Gasteiger partial charge in [0.15, 0.2) is 11.6 Å². The maximum Gasteiger partial charge on any atom is 0.212 e. The molecule has 0 N–H and O–H groups in total. The van der Waals surface area contributed by atoms with Gasteiger partial charge in [-0.2, -0.15) is 0 Å². The van der Waals surface area contributed by atoms with Gasteiger partial charge in [0, 0.05) is 22.7 Å². The molecule has 4 aliphatic carbocycles. The molecule has 4 saturated carbocycles. The van der Waals surface area contributed by atoms with Gasteiger partial charge in [-0.1, -0.05) is 41.5 Å². The SMILES string of the molecule is CC1(C)[C@@H]2CC[C@@]1(C)C(=O)[C@@]21S(=O)[C@]2(C(=O)[C@]3(C)CC[C@H]2C3(C)C)S1(=O)=O. The van der Waals surface area contributed by atoms with Crippen LogP contribution in [-0.2, 0) is 30.2 Å². The zero-order chi connectivity index (χ0) is 20.2. The molecule has 0 aromatic carbocycles. The van der Waals surface area contributed by atoms with Crippen molar-refractivity contribution in [3.8, 4) is 0 Å². The van der Waals surface area contributed by atoms with Crippen LogP contribution in [0.25, 0.3) is 0 Å². The average Bonchev–Trinajstić information content (AvgIpc) is 3.04. The van der Waals surface area contributed by atoms with Crippen LogP contribution in [0, 0.1) is 33.5 Å². The highest BCUT2D eigenvalue weighted by Crippen LogP contribution is 2.81. The summed E-state index contributed by atoms with van der Waals surface area (Å²) in [6.07, 6.45) is 2.42. The van der Waals surface area contributed by atoms with Crippen LogP contribution in [0.3, 0.4) is 0 Å². The molecule has 150 valence electrons. The Balaban J connectivity index is 1.78. The number of rotatable bonds is 0. The van der Waals surface area contributed by atoms with E-state index in [0.29, 0.717) is 25.7 Å². The Kier molecular flexibility index (Phi) is 2.85. The van der Waals surface area contributed by atoms with Crippen LogP contribution >= 0.6 is 0 Å². The van der Waals surface area contributed by atoms with Crippen molar-refractivity contribution >= 4 is 32.2 Å². The Bertz CT molecular complexity index is 908. The van der Waals surface area contributed by atoms with E-state index in [1.54, 1.807) is 0 Å². The predicted octanol–water partition coefficient (Wildman–Crippen LogP) is 2.61. The fraction of sp³-hybridized carbons (Fsp3) is 0.900. The first kappa shape index (κ1) is 18.5. The Morgan fingerprint density at radius 2 is 1.11 bits per heavy atom. The van der Waals surface area contributed by atoms with Gasteiger partial charge >= 0.3 is 0 Å². The molecule has 1 saturated heterocycles. The highest BCUT2D eigenvalue weighted by atomic mass is 32.3. The molecule has 7 atom stereocenters. The zero-order valence-electron chi connectivity index (χ0n) is 16.8. The van der Waals surface area contributed by atoms with Crippen LogP contribution in [0.15, 0.2) is 0 Å². The van der Waals surface area contributed by atoms with E-state index in [-0.39, 0.29) is 0 Å². The summed E-state index contributed by atoms with van der Waals surface area (Å²) in [7, 11) is -6.21. The molecule has 1 heterocycles. The molecule has 5 aliphatic rings. The summed E-state index contributed by atoms with van der Waals surface area (Å²) in [5.41, 5.74) is -2.65. The summed E-state index contributed by atoms with van der Waals surface area (Å²) in [5.74, 6) is -1.72. The fourth-order valence-corrected chi connectivity index (χ4v) is 16.0. The first-order chi connectivity index (χ1) is 12.1. The molecule has 7 heteroatoms. The molecule has 4 bridgehead atoms. The van der Waals surface area contributed by atoms with E-state index in [2.05, 4.69) is 0 Å². The lowest BCUT2D eigenvalue weighted by Crippen LogP contribution is -2.80. The van der Waals surface area contributed by atoms with Crippen molar-refractivity contribution in [2.75, 3.05) is 0 Å². The summed E-state index contributed by atoms with van der Waals surface area (Å²) >= 11 is 0. The van der Waals surface area contributed by atoms with Gasteiger partial charge in [0.1, 0.15) is 0 Å². The minimum Gasteiger partial charge on any atom is -0.296 e. The van der Waals surface area contributed by atoms with E-state index in [0.717, 1.165) is 0 Å². The van der Waals surface area contributed by atoms with E-state index in [1.807, 2.05) is 41.5 Å². The molecular weight excluding hydrogens is 384 g/mol. The summed E-state index contributed by atoms with van der Waals surface area (Å²) < 4.78 is 38.3. The monoisotopic (exact) mass is 412 g/mol. The highest BCUT2D eigenvalue weighted by molar-refractivity contribution is 8.27. The summed E-state index contributed by atoms with van der Waals surface area (Å²) in [4.78, 5) is 27.1. The van der Waals surface area contributed by atoms with Gasteiger partial charge in [-0.25, -0.2) is 8.42 Å². The quantitative estimate of drug-likeness (QED) is 0.610. The lowest BCUT2D eigenvalue weighted by molar-refractivity contribution is -0.129. The maximum absolute atomic E-state index is 14.0. The van der Waals surface area contributed by atoms with E-state index >= 15 is 0 Å². The highest BCUT2D eigenvalue weighted by Gasteiger charge is 2.97. The van der Waals surface area contributed by atoms with E-state index in [1.165, 1.54) is 0 Å². The number of sulfone groups is 1. The molecule has 0 amide bonds. The van der Waals surface area contributed by atoms with Crippen LogP contribution in [0.4, 0.5) is 0 Å². The number of hydrogen-bond acceptors (Lipinski definition) is 5. The Morgan fingerprint density at radius 1 is 0.778 bits per heavy atom. The van der Waals surface area contributed by atoms with Crippen molar-refractivity contribution < 1.29 is 22.2 Å². The van der Waals surface area contributed by atoms with E-state index < -0.39 is 73.9 Å². The topological polar surface area (TPSA) is 85.3 Å². The number of hydrogen-bond donors (Lipinski definition) is 0. The van der Waals surface area contributed by atoms with Crippen LogP contribution < -0.4 is 0 Å². The first-order valence-electron chi connectivity index (χ1n) is 9.90. The third-order valence-corrected chi connectivity index (χ3v) is 17.2. The van der Waals surface area contributed by atoms with Crippen molar-refractivity contribution in [3.63, 3.8) is 0 Å². The molecule has 5 rings (SSSR count). The van der Waals surface area contributed by atoms with Gasteiger partial charge in [-0.15, -0.1) is 0 Å². The van der Waals surface area contributed by atoms with Crippen LogP contribution in [0.5, 0.6) is 0 Å². The Morgan fingerprint density at radius 3 is 1.33 bits per heavy atom. The summed E-state index contributed by atoms with van der Waals surface area (Å²) in [5, 5.41) is 0. The smallest absolute Gasteiger partial charge is 0.212 e. The van der Waals surface area contributed by atoms with Crippen molar-refractivity contribution in [1.29, 1.82) is 0 Å². The van der Waals surface area contributed by atoms with Gasteiger partial charge in [-0.05, 0) is 36.5 Å². The van der Waals surface area contributed by atoms with Gasteiger partial charge in [0.2, 0.25) is 18.0 Å². The van der Waals surface area contributed by atoms with Crippen molar-refractivity contribution in [1.82, 2.24) is 0 Å². The van der Waals surface area contributed by atoms with E-state index in [4.69, 9.17) is 0 Å². The number of ketones is 2. The van der Waals surface area contributed by atoms with Gasteiger partial charge in [0.25, 0.3) is 0 Å². The second kappa shape index (κ2) is 4.16. The second-order valence-corrected chi connectivity index (χ2v) is 15.7. The Hall–Kier alpha value is -0.560. The molecule has 5 fully saturated rings. The third kappa shape index (κ3) is 1.21. The maximum atomic E-state index is 14.0. The van der Waals surface area contributed by atoms with Gasteiger partial charge in [0.05, 0.1) is 10.8 Å². The van der Waals surface area contributed by atoms with Gasteiger partial charge < -0.3 is 0 Å². The second-order valence-electron chi connectivity index (χ2n) is 11.1. The average molecular weight is 413 g/mol. The van der Waals surface area contributed by atoms with Crippen LogP contribution in [0.2, 0.25) is 0 Å². The number of carbonyl (C=O) groups excluding carboxylic acids is 2.